The minimum absolute atomic E-state index is 0.0414. The highest BCUT2D eigenvalue weighted by molar-refractivity contribution is 7.92. The normalized spacial score (nSPS) is 11.1. The summed E-state index contributed by atoms with van der Waals surface area (Å²) in [6.45, 7) is 2.20. The number of sulfonamides is 1. The zero-order chi connectivity index (χ0) is 20.1. The van der Waals surface area contributed by atoms with Crippen LogP contribution in [-0.4, -0.2) is 14.3 Å². The first-order valence-corrected chi connectivity index (χ1v) is 10.4. The highest BCUT2D eigenvalue weighted by Crippen LogP contribution is 2.25. The standard InChI is InChI=1S/C21H19ClN2O3S/c1-15-6-5-9-18(12-15)24-28(26,27)20-13-17(10-11-19(20)22)21(25)23-14-16-7-3-2-4-8-16/h2-13,24H,14H2,1H3,(H,23,25). The highest BCUT2D eigenvalue weighted by Gasteiger charge is 2.20. The molecule has 0 bridgehead atoms. The summed E-state index contributed by atoms with van der Waals surface area (Å²) in [5.74, 6) is -0.382. The molecule has 0 radical (unpaired) electrons. The second-order valence-electron chi connectivity index (χ2n) is 6.29. The van der Waals surface area contributed by atoms with Crippen LogP contribution in [0.1, 0.15) is 21.5 Å². The first-order chi connectivity index (χ1) is 13.3. The lowest BCUT2D eigenvalue weighted by molar-refractivity contribution is 0.0950. The Hall–Kier alpha value is -2.83. The van der Waals surface area contributed by atoms with Crippen molar-refractivity contribution in [2.24, 2.45) is 0 Å². The van der Waals surface area contributed by atoms with E-state index >= 15 is 0 Å². The molecule has 0 spiro atoms. The maximum Gasteiger partial charge on any atom is 0.263 e. The summed E-state index contributed by atoms with van der Waals surface area (Å²) in [5.41, 5.74) is 2.50. The molecule has 0 aliphatic carbocycles. The number of aryl methyl sites for hydroxylation is 1. The molecule has 7 heteroatoms. The van der Waals surface area contributed by atoms with Gasteiger partial charge in [0, 0.05) is 17.8 Å². The molecule has 3 rings (SSSR count). The highest BCUT2D eigenvalue weighted by atomic mass is 35.5. The third-order valence-corrected chi connectivity index (χ3v) is 5.91. The van der Waals surface area contributed by atoms with Gasteiger partial charge in [-0.3, -0.25) is 9.52 Å². The molecule has 5 nitrogen and oxygen atoms in total. The van der Waals surface area contributed by atoms with E-state index < -0.39 is 10.0 Å². The van der Waals surface area contributed by atoms with Crippen LogP contribution in [-0.2, 0) is 16.6 Å². The van der Waals surface area contributed by atoms with E-state index in [-0.39, 0.29) is 21.4 Å². The Kier molecular flexibility index (Phi) is 6.02. The van der Waals surface area contributed by atoms with Gasteiger partial charge in [-0.05, 0) is 48.4 Å². The minimum Gasteiger partial charge on any atom is -0.348 e. The summed E-state index contributed by atoms with van der Waals surface area (Å²) in [5, 5.41) is 2.81. The number of amides is 1. The summed E-state index contributed by atoms with van der Waals surface area (Å²) in [7, 11) is -3.95. The Morgan fingerprint density at radius 2 is 1.71 bits per heavy atom. The summed E-state index contributed by atoms with van der Waals surface area (Å²) in [6.07, 6.45) is 0. The van der Waals surface area contributed by atoms with Crippen LogP contribution in [0.4, 0.5) is 5.69 Å². The molecule has 1 amide bonds. The first-order valence-electron chi connectivity index (χ1n) is 8.56. The van der Waals surface area contributed by atoms with Crippen molar-refractivity contribution in [3.05, 3.63) is 94.5 Å². The topological polar surface area (TPSA) is 75.3 Å². The Morgan fingerprint density at radius 3 is 2.43 bits per heavy atom. The molecule has 0 saturated carbocycles. The Bertz CT molecular complexity index is 1100. The van der Waals surface area contributed by atoms with Crippen LogP contribution < -0.4 is 10.0 Å². The van der Waals surface area contributed by atoms with Crippen molar-refractivity contribution in [3.63, 3.8) is 0 Å². The summed E-state index contributed by atoms with van der Waals surface area (Å²) < 4.78 is 28.0. The lowest BCUT2D eigenvalue weighted by atomic mass is 10.2. The number of hydrogen-bond acceptors (Lipinski definition) is 3. The molecular formula is C21H19ClN2O3S. The molecule has 0 fully saturated rings. The molecule has 28 heavy (non-hydrogen) atoms. The van der Waals surface area contributed by atoms with E-state index in [4.69, 9.17) is 11.6 Å². The quantitative estimate of drug-likeness (QED) is 0.628. The molecular weight excluding hydrogens is 396 g/mol. The van der Waals surface area contributed by atoms with Gasteiger partial charge in [-0.15, -0.1) is 0 Å². The number of benzene rings is 3. The van der Waals surface area contributed by atoms with Gasteiger partial charge in [0.2, 0.25) is 0 Å². The largest absolute Gasteiger partial charge is 0.348 e. The van der Waals surface area contributed by atoms with Gasteiger partial charge in [0.05, 0.1) is 5.02 Å². The van der Waals surface area contributed by atoms with Gasteiger partial charge in [0.15, 0.2) is 0 Å². The van der Waals surface area contributed by atoms with E-state index in [1.54, 1.807) is 18.2 Å². The number of carbonyl (C=O) groups excluding carboxylic acids is 1. The van der Waals surface area contributed by atoms with Gasteiger partial charge >= 0.3 is 0 Å². The van der Waals surface area contributed by atoms with Crippen molar-refractivity contribution in [2.75, 3.05) is 4.72 Å². The van der Waals surface area contributed by atoms with Gasteiger partial charge in [-0.1, -0.05) is 54.1 Å². The zero-order valence-electron chi connectivity index (χ0n) is 15.1. The Balaban J connectivity index is 1.81. The number of halogens is 1. The lowest BCUT2D eigenvalue weighted by Gasteiger charge is -2.12. The van der Waals surface area contributed by atoms with E-state index in [2.05, 4.69) is 10.0 Å². The second kappa shape index (κ2) is 8.46. The van der Waals surface area contributed by atoms with Crippen LogP contribution in [0.3, 0.4) is 0 Å². The van der Waals surface area contributed by atoms with Gasteiger partial charge in [0.1, 0.15) is 4.90 Å². The maximum absolute atomic E-state index is 12.8. The summed E-state index contributed by atoms with van der Waals surface area (Å²) in [6, 6.07) is 20.6. The molecule has 144 valence electrons. The smallest absolute Gasteiger partial charge is 0.263 e. The average Bonchev–Trinajstić information content (AvgIpc) is 2.67. The first kappa shape index (κ1) is 19.9. The number of rotatable bonds is 6. The van der Waals surface area contributed by atoms with E-state index in [9.17, 15) is 13.2 Å². The fourth-order valence-corrected chi connectivity index (χ4v) is 4.23. The van der Waals surface area contributed by atoms with Gasteiger partial charge < -0.3 is 5.32 Å². The second-order valence-corrected chi connectivity index (χ2v) is 8.35. The summed E-state index contributed by atoms with van der Waals surface area (Å²) >= 11 is 6.11. The maximum atomic E-state index is 12.8. The average molecular weight is 415 g/mol. The molecule has 3 aromatic rings. The van der Waals surface area contributed by atoms with Gasteiger partial charge in [-0.2, -0.15) is 0 Å². The molecule has 0 aliphatic heterocycles. The van der Waals surface area contributed by atoms with E-state index in [0.717, 1.165) is 11.1 Å². The van der Waals surface area contributed by atoms with E-state index in [0.29, 0.717) is 12.2 Å². The SMILES string of the molecule is Cc1cccc(NS(=O)(=O)c2cc(C(=O)NCc3ccccc3)ccc2Cl)c1. The number of hydrogen-bond donors (Lipinski definition) is 2. The van der Waals surface area contributed by atoms with Crippen molar-refractivity contribution in [1.29, 1.82) is 0 Å². The molecule has 0 aliphatic rings. The van der Waals surface area contributed by atoms with Crippen LogP contribution in [0.25, 0.3) is 0 Å². The Morgan fingerprint density at radius 1 is 0.964 bits per heavy atom. The number of nitrogens with one attached hydrogen (secondary N) is 2. The predicted octanol–water partition coefficient (Wildman–Crippen LogP) is 4.38. The van der Waals surface area contributed by atoms with Crippen molar-refractivity contribution < 1.29 is 13.2 Å². The van der Waals surface area contributed by atoms with Gasteiger partial charge in [0.25, 0.3) is 15.9 Å². The van der Waals surface area contributed by atoms with Crippen molar-refractivity contribution in [3.8, 4) is 0 Å². The molecule has 0 aromatic heterocycles. The third-order valence-electron chi connectivity index (χ3n) is 4.05. The third kappa shape index (κ3) is 4.91. The lowest BCUT2D eigenvalue weighted by Crippen LogP contribution is -2.23. The minimum atomic E-state index is -3.95. The molecule has 2 N–H and O–H groups in total. The summed E-state index contributed by atoms with van der Waals surface area (Å²) in [4.78, 5) is 12.3. The molecule has 0 saturated heterocycles. The zero-order valence-corrected chi connectivity index (χ0v) is 16.7. The Labute approximate surface area is 169 Å². The predicted molar refractivity (Wildman–Crippen MR) is 111 cm³/mol. The van der Waals surface area contributed by atoms with Crippen LogP contribution >= 0.6 is 11.6 Å². The molecule has 0 heterocycles. The molecule has 0 atom stereocenters. The fraction of sp³-hybridized carbons (Fsp3) is 0.0952. The van der Waals surface area contributed by atoms with Gasteiger partial charge in [-0.25, -0.2) is 8.42 Å². The van der Waals surface area contributed by atoms with E-state index in [1.165, 1.54) is 18.2 Å². The van der Waals surface area contributed by atoms with Crippen molar-refractivity contribution in [2.45, 2.75) is 18.4 Å². The van der Waals surface area contributed by atoms with E-state index in [1.807, 2.05) is 43.3 Å². The number of carbonyl (C=O) groups is 1. The fourth-order valence-electron chi connectivity index (χ4n) is 2.65. The molecule has 3 aromatic carbocycles. The van der Waals surface area contributed by atoms with Crippen LogP contribution in [0.5, 0.6) is 0 Å². The van der Waals surface area contributed by atoms with Crippen molar-refractivity contribution >= 4 is 33.2 Å². The van der Waals surface area contributed by atoms with Crippen molar-refractivity contribution in [1.82, 2.24) is 5.32 Å². The monoisotopic (exact) mass is 414 g/mol. The van der Waals surface area contributed by atoms with Crippen LogP contribution in [0, 0.1) is 6.92 Å². The van der Waals surface area contributed by atoms with Crippen LogP contribution in [0.15, 0.2) is 77.7 Å². The number of anilines is 1. The molecule has 0 unspecified atom stereocenters. The van der Waals surface area contributed by atoms with Crippen LogP contribution in [0.2, 0.25) is 5.02 Å².